The van der Waals surface area contributed by atoms with Gasteiger partial charge >= 0.3 is 5.97 Å². The molecule has 64 valence electrons. The van der Waals surface area contributed by atoms with Gasteiger partial charge in [0.25, 0.3) is 0 Å². The zero-order valence-electron chi connectivity index (χ0n) is 7.34. The molecule has 4 heteroatoms. The molecule has 11 heavy (non-hydrogen) atoms. The lowest BCUT2D eigenvalue weighted by molar-refractivity contribution is -0.132. The van der Waals surface area contributed by atoms with Crippen LogP contribution in [0.5, 0.6) is 0 Å². The van der Waals surface area contributed by atoms with Crippen molar-refractivity contribution in [3.05, 3.63) is 11.8 Å². The van der Waals surface area contributed by atoms with Gasteiger partial charge in [-0.1, -0.05) is 0 Å². The highest BCUT2D eigenvalue weighted by atomic mass is 28.4. The van der Waals surface area contributed by atoms with Gasteiger partial charge in [-0.15, -0.1) is 0 Å². The third-order valence-corrected chi connectivity index (χ3v) is 1.75. The highest BCUT2D eigenvalue weighted by molar-refractivity contribution is 6.69. The first-order valence-corrected chi connectivity index (χ1v) is 6.81. The Morgan fingerprint density at radius 1 is 1.45 bits per heavy atom. The zero-order valence-corrected chi connectivity index (χ0v) is 8.34. The van der Waals surface area contributed by atoms with Crippen LogP contribution in [0, 0.1) is 0 Å². The quantitative estimate of drug-likeness (QED) is 0.403. The van der Waals surface area contributed by atoms with Crippen molar-refractivity contribution in [2.75, 3.05) is 0 Å². The predicted molar refractivity (Wildman–Crippen MR) is 45.8 cm³/mol. The molecule has 3 nitrogen and oxygen atoms in total. The maximum Gasteiger partial charge on any atom is 0.334 e. The largest absolute Gasteiger partial charge is 0.549 e. The number of carboxylic acid groups (broad SMARTS) is 1. The molecular weight excluding hydrogens is 160 g/mol. The van der Waals surface area contributed by atoms with Crippen LogP contribution in [0.25, 0.3) is 0 Å². The first kappa shape index (κ1) is 10.2. The molecule has 0 aliphatic rings. The zero-order chi connectivity index (χ0) is 9.07. The fraction of sp³-hybridized carbons (Fsp3) is 0.571. The van der Waals surface area contributed by atoms with Crippen molar-refractivity contribution in [2.45, 2.75) is 26.6 Å². The van der Waals surface area contributed by atoms with E-state index in [4.69, 9.17) is 9.53 Å². The highest BCUT2D eigenvalue weighted by Crippen LogP contribution is 2.05. The van der Waals surface area contributed by atoms with E-state index in [0.717, 1.165) is 0 Å². The normalized spacial score (nSPS) is 12.9. The number of hydrogen-bond acceptors (Lipinski definition) is 2. The average molecular weight is 174 g/mol. The first-order chi connectivity index (χ1) is 4.83. The lowest BCUT2D eigenvalue weighted by atomic mass is 10.4. The molecule has 0 aliphatic carbocycles. The molecule has 0 aromatic carbocycles. The van der Waals surface area contributed by atoms with Crippen LogP contribution in [0.3, 0.4) is 0 Å². The summed E-state index contributed by atoms with van der Waals surface area (Å²) in [7, 11) is -1.61. The summed E-state index contributed by atoms with van der Waals surface area (Å²) in [5.74, 6) is -0.928. The van der Waals surface area contributed by atoms with E-state index in [9.17, 15) is 4.79 Å². The molecule has 0 unspecified atom stereocenters. The van der Waals surface area contributed by atoms with E-state index in [1.165, 1.54) is 13.2 Å². The molecule has 0 saturated heterocycles. The van der Waals surface area contributed by atoms with Crippen LogP contribution in [0.2, 0.25) is 19.6 Å². The van der Waals surface area contributed by atoms with Crippen molar-refractivity contribution in [1.82, 2.24) is 0 Å². The van der Waals surface area contributed by atoms with Gasteiger partial charge in [0.2, 0.25) is 8.32 Å². The topological polar surface area (TPSA) is 46.5 Å². The second-order valence-electron chi connectivity index (χ2n) is 3.34. The van der Waals surface area contributed by atoms with Crippen molar-refractivity contribution in [2.24, 2.45) is 0 Å². The van der Waals surface area contributed by atoms with Gasteiger partial charge in [-0.3, -0.25) is 0 Å². The van der Waals surface area contributed by atoms with Gasteiger partial charge in [0, 0.05) is 0 Å². The molecule has 0 bridgehead atoms. The molecule has 1 N–H and O–H groups in total. The third kappa shape index (κ3) is 5.66. The molecule has 0 heterocycles. The average Bonchev–Trinajstić information content (AvgIpc) is 1.80. The standard InChI is InChI=1S/C7H14O3Si/c1-6(7(8)9)5-10-11(2,3)4/h5H,1-4H3,(H,8,9)/b6-5+. The van der Waals surface area contributed by atoms with E-state index in [1.807, 2.05) is 19.6 Å². The molecule has 0 aliphatic heterocycles. The third-order valence-electron chi connectivity index (χ3n) is 0.927. The number of hydrogen-bond donors (Lipinski definition) is 1. The summed E-state index contributed by atoms with van der Waals surface area (Å²) < 4.78 is 5.25. The summed E-state index contributed by atoms with van der Waals surface area (Å²) >= 11 is 0. The minimum absolute atomic E-state index is 0.243. The molecule has 0 atom stereocenters. The van der Waals surface area contributed by atoms with Crippen LogP contribution in [0.15, 0.2) is 11.8 Å². The van der Waals surface area contributed by atoms with Gasteiger partial charge in [-0.25, -0.2) is 4.79 Å². The molecule has 0 rings (SSSR count). The molecular formula is C7H14O3Si. The number of aliphatic carboxylic acids is 1. The minimum atomic E-state index is -1.61. The predicted octanol–water partition coefficient (Wildman–Crippen LogP) is 1.83. The van der Waals surface area contributed by atoms with E-state index in [-0.39, 0.29) is 5.57 Å². The van der Waals surface area contributed by atoms with Gasteiger partial charge in [-0.05, 0) is 26.6 Å². The van der Waals surface area contributed by atoms with Gasteiger partial charge in [0.15, 0.2) is 0 Å². The summed E-state index contributed by atoms with van der Waals surface area (Å²) in [6, 6.07) is 0. The van der Waals surface area contributed by atoms with Crippen LogP contribution in [0.1, 0.15) is 6.92 Å². The van der Waals surface area contributed by atoms with Crippen molar-refractivity contribution in [3.8, 4) is 0 Å². The number of rotatable bonds is 3. The first-order valence-electron chi connectivity index (χ1n) is 3.41. The highest BCUT2D eigenvalue weighted by Gasteiger charge is 2.14. The van der Waals surface area contributed by atoms with Crippen molar-refractivity contribution >= 4 is 14.3 Å². The SMILES string of the molecule is C/C(=C\O[Si](C)(C)C)C(=O)O. The van der Waals surface area contributed by atoms with E-state index in [1.54, 1.807) is 0 Å². The van der Waals surface area contributed by atoms with E-state index < -0.39 is 14.3 Å². The maximum absolute atomic E-state index is 10.3. The molecule has 0 saturated carbocycles. The molecule has 0 aromatic heterocycles. The fourth-order valence-corrected chi connectivity index (χ4v) is 0.846. The number of carbonyl (C=O) groups is 1. The minimum Gasteiger partial charge on any atom is -0.549 e. The Kier molecular flexibility index (Phi) is 3.32. The van der Waals surface area contributed by atoms with E-state index >= 15 is 0 Å². The monoisotopic (exact) mass is 174 g/mol. The Hall–Kier alpha value is -0.773. The second kappa shape index (κ2) is 3.57. The van der Waals surface area contributed by atoms with Crippen LogP contribution >= 0.6 is 0 Å². The molecule has 0 amide bonds. The van der Waals surface area contributed by atoms with Crippen molar-refractivity contribution in [1.29, 1.82) is 0 Å². The van der Waals surface area contributed by atoms with Gasteiger partial charge in [0.1, 0.15) is 0 Å². The van der Waals surface area contributed by atoms with Crippen LogP contribution < -0.4 is 0 Å². The summed E-state index contributed by atoms with van der Waals surface area (Å²) in [5, 5.41) is 8.45. The van der Waals surface area contributed by atoms with E-state index in [0.29, 0.717) is 0 Å². The maximum atomic E-state index is 10.3. The lowest BCUT2D eigenvalue weighted by Gasteiger charge is -2.15. The van der Waals surface area contributed by atoms with Crippen molar-refractivity contribution < 1.29 is 14.3 Å². The van der Waals surface area contributed by atoms with Gasteiger partial charge < -0.3 is 9.53 Å². The van der Waals surface area contributed by atoms with Crippen LogP contribution in [-0.2, 0) is 9.22 Å². The van der Waals surface area contributed by atoms with Crippen molar-refractivity contribution in [3.63, 3.8) is 0 Å². The summed E-state index contributed by atoms with van der Waals surface area (Å²) in [6.07, 6.45) is 1.33. The molecule has 0 aromatic rings. The molecule has 0 radical (unpaired) electrons. The smallest absolute Gasteiger partial charge is 0.334 e. The fourth-order valence-electron chi connectivity index (χ4n) is 0.316. The summed E-state index contributed by atoms with van der Waals surface area (Å²) in [5.41, 5.74) is 0.243. The number of carboxylic acids is 1. The Morgan fingerprint density at radius 3 is 2.18 bits per heavy atom. The van der Waals surface area contributed by atoms with E-state index in [2.05, 4.69) is 0 Å². The van der Waals surface area contributed by atoms with Crippen LogP contribution in [-0.4, -0.2) is 19.4 Å². The Balaban J connectivity index is 4.04. The Labute approximate surface area is 67.8 Å². The summed E-state index contributed by atoms with van der Waals surface area (Å²) in [4.78, 5) is 10.3. The van der Waals surface area contributed by atoms with Crippen LogP contribution in [0.4, 0.5) is 0 Å². The van der Waals surface area contributed by atoms with Gasteiger partial charge in [0.05, 0.1) is 11.8 Å². The van der Waals surface area contributed by atoms with Gasteiger partial charge in [-0.2, -0.15) is 0 Å². The Morgan fingerprint density at radius 2 is 1.91 bits per heavy atom. The Bertz CT molecular complexity index is 179. The summed E-state index contributed by atoms with van der Waals surface area (Å²) in [6.45, 7) is 7.51. The molecule has 0 spiro atoms. The molecule has 0 fully saturated rings. The second-order valence-corrected chi connectivity index (χ2v) is 7.80. The lowest BCUT2D eigenvalue weighted by Crippen LogP contribution is -2.22.